The molecule has 0 aromatic heterocycles. The van der Waals surface area contributed by atoms with Crippen LogP contribution in [0.5, 0.6) is 0 Å². The molecule has 1 N–H and O–H groups in total. The second-order valence-electron chi connectivity index (χ2n) is 10.00. The molecule has 4 aliphatic rings. The Kier molecular flexibility index (Phi) is 6.35. The molecule has 0 radical (unpaired) electrons. The van der Waals surface area contributed by atoms with Crippen LogP contribution < -0.4 is 10.2 Å². The average Bonchev–Trinajstić information content (AvgIpc) is 3.57. The fourth-order valence-corrected chi connectivity index (χ4v) is 5.85. The molecule has 1 aromatic rings. The molecule has 9 nitrogen and oxygen atoms in total. The molecule has 0 bridgehead atoms. The summed E-state index contributed by atoms with van der Waals surface area (Å²) in [5.74, 6) is -0.550. The Balaban J connectivity index is 1.31. The Bertz CT molecular complexity index is 937. The first kappa shape index (κ1) is 23.3. The molecular weight excluding hydrogens is 436 g/mol. The minimum atomic E-state index is -0.997. The van der Waals surface area contributed by atoms with Gasteiger partial charge in [0, 0.05) is 44.5 Å². The van der Waals surface area contributed by atoms with Crippen molar-refractivity contribution in [3.8, 4) is 0 Å². The minimum Gasteiger partial charge on any atom is -0.377 e. The molecule has 1 aliphatic carbocycles. The second kappa shape index (κ2) is 9.28. The number of likely N-dealkylation sites (tertiary alicyclic amines) is 1. The largest absolute Gasteiger partial charge is 0.377 e. The zero-order valence-corrected chi connectivity index (χ0v) is 20.0. The van der Waals surface area contributed by atoms with Crippen molar-refractivity contribution in [1.82, 2.24) is 15.1 Å². The maximum atomic E-state index is 13.8. The number of ketones is 1. The number of nitrogens with zero attached hydrogens (tertiary/aromatic N) is 3. The number of ether oxygens (including phenoxy) is 2. The number of carbonyl (C=O) groups is 3. The van der Waals surface area contributed by atoms with Gasteiger partial charge in [0.15, 0.2) is 5.78 Å². The fraction of sp³-hybridized carbons (Fsp3) is 0.640. The molecule has 34 heavy (non-hydrogen) atoms. The highest BCUT2D eigenvalue weighted by atomic mass is 16.5. The molecule has 3 aliphatic heterocycles. The van der Waals surface area contributed by atoms with Gasteiger partial charge < -0.3 is 29.5 Å². The molecule has 1 saturated carbocycles. The van der Waals surface area contributed by atoms with Gasteiger partial charge in [0.05, 0.1) is 6.54 Å². The van der Waals surface area contributed by atoms with E-state index in [9.17, 15) is 14.4 Å². The number of fused-ring (bicyclic) bond motifs is 1. The lowest BCUT2D eigenvalue weighted by Gasteiger charge is -2.35. The van der Waals surface area contributed by atoms with Crippen molar-refractivity contribution in [2.75, 3.05) is 58.4 Å². The van der Waals surface area contributed by atoms with E-state index < -0.39 is 17.7 Å². The summed E-state index contributed by atoms with van der Waals surface area (Å²) >= 11 is 0. The third-order valence-corrected chi connectivity index (χ3v) is 7.92. The van der Waals surface area contributed by atoms with E-state index in [1.807, 2.05) is 24.3 Å². The van der Waals surface area contributed by atoms with Gasteiger partial charge in [-0.15, -0.1) is 0 Å². The number of benzene rings is 1. The van der Waals surface area contributed by atoms with E-state index in [4.69, 9.17) is 9.47 Å². The molecule has 0 unspecified atom stereocenters. The van der Waals surface area contributed by atoms with Crippen molar-refractivity contribution in [3.63, 3.8) is 0 Å². The second-order valence-corrected chi connectivity index (χ2v) is 10.00. The first-order valence-electron chi connectivity index (χ1n) is 12.3. The highest BCUT2D eigenvalue weighted by Gasteiger charge is 2.56. The van der Waals surface area contributed by atoms with Crippen LogP contribution in [0.4, 0.5) is 5.69 Å². The lowest BCUT2D eigenvalue weighted by molar-refractivity contribution is -0.142. The highest BCUT2D eigenvalue weighted by Crippen LogP contribution is 2.37. The summed E-state index contributed by atoms with van der Waals surface area (Å²) in [7, 11) is 3.69. The Morgan fingerprint density at radius 1 is 1.09 bits per heavy atom. The van der Waals surface area contributed by atoms with Gasteiger partial charge in [0.25, 0.3) is 5.91 Å². The van der Waals surface area contributed by atoms with Crippen LogP contribution in [-0.2, 0) is 19.1 Å². The summed E-state index contributed by atoms with van der Waals surface area (Å²) in [6, 6.07) is 6.99. The number of piperazine rings is 1. The fourth-order valence-electron chi connectivity index (χ4n) is 5.85. The Hall–Kier alpha value is -2.49. The number of hydrogen-bond donors (Lipinski definition) is 1. The van der Waals surface area contributed by atoms with E-state index in [0.29, 0.717) is 24.9 Å². The van der Waals surface area contributed by atoms with Gasteiger partial charge in [-0.2, -0.15) is 0 Å². The molecule has 2 amide bonds. The molecule has 4 fully saturated rings. The van der Waals surface area contributed by atoms with Crippen molar-refractivity contribution < 1.29 is 23.9 Å². The van der Waals surface area contributed by atoms with Gasteiger partial charge in [-0.1, -0.05) is 12.8 Å². The van der Waals surface area contributed by atoms with Gasteiger partial charge in [-0.05, 0) is 44.2 Å². The van der Waals surface area contributed by atoms with Gasteiger partial charge in [-0.3, -0.25) is 14.4 Å². The monoisotopic (exact) mass is 470 g/mol. The van der Waals surface area contributed by atoms with Crippen LogP contribution in [0.1, 0.15) is 36.0 Å². The van der Waals surface area contributed by atoms with Crippen LogP contribution >= 0.6 is 0 Å². The SMILES string of the molecule is CO[C@H]1CN(C(=O)C2(NC(=O)c3ccc(N4CCN(C)CC4)cc3)CCCC2)[C@@H]2C(=O)CO[C@H]12. The van der Waals surface area contributed by atoms with E-state index in [1.54, 1.807) is 12.0 Å². The first-order chi connectivity index (χ1) is 16.4. The summed E-state index contributed by atoms with van der Waals surface area (Å²) in [5, 5.41) is 3.07. The Morgan fingerprint density at radius 3 is 2.41 bits per heavy atom. The van der Waals surface area contributed by atoms with Crippen molar-refractivity contribution in [3.05, 3.63) is 29.8 Å². The zero-order chi connectivity index (χ0) is 23.9. The van der Waals surface area contributed by atoms with Gasteiger partial charge in [0.1, 0.15) is 30.4 Å². The Labute approximate surface area is 200 Å². The maximum absolute atomic E-state index is 13.8. The summed E-state index contributed by atoms with van der Waals surface area (Å²) in [4.78, 5) is 45.8. The van der Waals surface area contributed by atoms with Crippen molar-refractivity contribution in [1.29, 1.82) is 0 Å². The molecule has 9 heteroatoms. The minimum absolute atomic E-state index is 0.00200. The van der Waals surface area contributed by atoms with Crippen LogP contribution in [0, 0.1) is 0 Å². The van der Waals surface area contributed by atoms with E-state index in [-0.39, 0.29) is 30.3 Å². The molecule has 1 aromatic carbocycles. The summed E-state index contributed by atoms with van der Waals surface area (Å²) in [6.07, 6.45) is 2.08. The first-order valence-corrected chi connectivity index (χ1v) is 12.3. The third-order valence-electron chi connectivity index (χ3n) is 7.92. The number of Topliss-reactive ketones (excluding diaryl/α,β-unsaturated/α-hetero) is 1. The standard InChI is InChI=1S/C25H34N4O5/c1-27-11-13-28(14-12-27)18-7-5-17(6-8-18)23(31)26-25(9-3-4-10-25)24(32)29-15-20(33-2)22-21(29)19(30)16-34-22/h5-8,20-22H,3-4,9-16H2,1-2H3,(H,26,31)/t20-,21+,22+/m0/s1. The van der Waals surface area contributed by atoms with Crippen LogP contribution in [-0.4, -0.2) is 105 Å². The lowest BCUT2D eigenvalue weighted by Crippen LogP contribution is -2.60. The van der Waals surface area contributed by atoms with Crippen LogP contribution in [0.15, 0.2) is 24.3 Å². The molecule has 3 saturated heterocycles. The number of anilines is 1. The normalized spacial score (nSPS) is 28.9. The number of rotatable bonds is 5. The lowest BCUT2D eigenvalue weighted by atomic mass is 9.93. The van der Waals surface area contributed by atoms with Crippen molar-refractivity contribution in [2.45, 2.75) is 49.5 Å². The third kappa shape index (κ3) is 4.10. The van der Waals surface area contributed by atoms with Crippen LogP contribution in [0.2, 0.25) is 0 Å². The van der Waals surface area contributed by atoms with Gasteiger partial charge >= 0.3 is 0 Å². The molecule has 0 spiro atoms. The van der Waals surface area contributed by atoms with E-state index >= 15 is 0 Å². The van der Waals surface area contributed by atoms with E-state index in [0.717, 1.165) is 44.7 Å². The number of hydrogen-bond acceptors (Lipinski definition) is 7. The molecule has 3 heterocycles. The molecule has 184 valence electrons. The predicted molar refractivity (Wildman–Crippen MR) is 126 cm³/mol. The Morgan fingerprint density at radius 2 is 1.76 bits per heavy atom. The van der Waals surface area contributed by atoms with E-state index in [2.05, 4.69) is 22.2 Å². The van der Waals surface area contributed by atoms with E-state index in [1.165, 1.54) is 0 Å². The average molecular weight is 471 g/mol. The highest BCUT2D eigenvalue weighted by molar-refractivity contribution is 6.01. The van der Waals surface area contributed by atoms with Crippen LogP contribution in [0.3, 0.4) is 0 Å². The topological polar surface area (TPSA) is 91.4 Å². The summed E-state index contributed by atoms with van der Waals surface area (Å²) in [5.41, 5.74) is 0.638. The number of nitrogens with one attached hydrogen (secondary N) is 1. The smallest absolute Gasteiger partial charge is 0.252 e. The van der Waals surface area contributed by atoms with Crippen molar-refractivity contribution >= 4 is 23.3 Å². The number of methoxy groups -OCH3 is 1. The van der Waals surface area contributed by atoms with Gasteiger partial charge in [-0.25, -0.2) is 0 Å². The molecule has 3 atom stereocenters. The zero-order valence-electron chi connectivity index (χ0n) is 20.0. The summed E-state index contributed by atoms with van der Waals surface area (Å²) in [6.45, 7) is 4.25. The predicted octanol–water partition coefficient (Wildman–Crippen LogP) is 0.675. The van der Waals surface area contributed by atoms with Crippen molar-refractivity contribution in [2.24, 2.45) is 0 Å². The number of carbonyl (C=O) groups excluding carboxylic acids is 3. The number of amides is 2. The van der Waals surface area contributed by atoms with Crippen LogP contribution in [0.25, 0.3) is 0 Å². The summed E-state index contributed by atoms with van der Waals surface area (Å²) < 4.78 is 11.1. The quantitative estimate of drug-likeness (QED) is 0.677. The van der Waals surface area contributed by atoms with Gasteiger partial charge in [0.2, 0.25) is 5.91 Å². The maximum Gasteiger partial charge on any atom is 0.252 e. The number of likely N-dealkylation sites (N-methyl/N-ethyl adjacent to an activating group) is 1. The molecular formula is C25H34N4O5. The molecule has 5 rings (SSSR count).